The number of para-hydroxylation sites is 1. The number of carbonyl (C=O) groups excluding carboxylic acids is 6. The van der Waals surface area contributed by atoms with Gasteiger partial charge in [-0.3, -0.25) is 33.7 Å². The van der Waals surface area contributed by atoms with Gasteiger partial charge in [0.1, 0.15) is 35.5 Å². The molecule has 3 aromatic rings. The molecule has 14 heteroatoms. The Kier molecular flexibility index (Phi) is 14.1. The first-order valence-corrected chi connectivity index (χ1v) is 18.4. The van der Waals surface area contributed by atoms with Crippen molar-refractivity contribution in [2.45, 2.75) is 104 Å². The summed E-state index contributed by atoms with van der Waals surface area (Å²) < 4.78 is 5.38. The van der Waals surface area contributed by atoms with Crippen LogP contribution in [0.1, 0.15) is 78.4 Å². The van der Waals surface area contributed by atoms with Crippen LogP contribution in [-0.4, -0.2) is 69.6 Å². The summed E-state index contributed by atoms with van der Waals surface area (Å²) in [7, 11) is 0. The summed E-state index contributed by atoms with van der Waals surface area (Å²) in [6, 6.07) is 10.2. The second kappa shape index (κ2) is 18.5. The van der Waals surface area contributed by atoms with Crippen molar-refractivity contribution in [2.75, 3.05) is 0 Å². The fourth-order valence-electron chi connectivity index (χ4n) is 6.35. The number of phenolic OH excluding ortho intramolecular Hbond substituents is 1. The van der Waals surface area contributed by atoms with Gasteiger partial charge in [0, 0.05) is 24.6 Å². The standard InChI is InChI=1S/C40H51N5O9/c1-22(2)17-29(42-38(51)31(18-23(3)4)45-33(47)15-16-34(45)48)37(50)44-35(24(5)6)39(52)43-30(19-25-11-13-28(46)14-12-25)36(49)41-21-27-20-26-9-7-8-10-32(26)54-40(27)53/h7-14,20,22-24,29-31,35,46H,15-19,21H2,1-6H3,(H,41,49)(H,42,51)(H,43,52)(H,44,50)/t29-,30-,31-,35-/m0/s1. The van der Waals surface area contributed by atoms with Crippen molar-refractivity contribution in [3.8, 4) is 5.75 Å². The molecule has 14 nitrogen and oxygen atoms in total. The molecular weight excluding hydrogens is 694 g/mol. The third-order valence-corrected chi connectivity index (χ3v) is 9.16. The number of phenols is 1. The Labute approximate surface area is 314 Å². The Morgan fingerprint density at radius 3 is 1.96 bits per heavy atom. The van der Waals surface area contributed by atoms with Gasteiger partial charge in [0.15, 0.2) is 0 Å². The van der Waals surface area contributed by atoms with Crippen molar-refractivity contribution in [2.24, 2.45) is 17.8 Å². The van der Waals surface area contributed by atoms with E-state index in [-0.39, 0.29) is 61.8 Å². The quantitative estimate of drug-likeness (QED) is 0.102. The minimum atomic E-state index is -1.16. The lowest BCUT2D eigenvalue weighted by Crippen LogP contribution is -2.60. The molecule has 6 amide bonds. The molecule has 4 rings (SSSR count). The second-order valence-corrected chi connectivity index (χ2v) is 15.0. The Morgan fingerprint density at radius 2 is 1.35 bits per heavy atom. The Morgan fingerprint density at radius 1 is 0.741 bits per heavy atom. The van der Waals surface area contributed by atoms with Gasteiger partial charge in [-0.05, 0) is 60.4 Å². The zero-order valence-corrected chi connectivity index (χ0v) is 31.6. The monoisotopic (exact) mass is 745 g/mol. The lowest BCUT2D eigenvalue weighted by molar-refractivity contribution is -0.147. The largest absolute Gasteiger partial charge is 0.508 e. The van der Waals surface area contributed by atoms with E-state index in [1.54, 1.807) is 56.3 Å². The summed E-state index contributed by atoms with van der Waals surface area (Å²) in [5.74, 6) is -3.96. The molecule has 1 aromatic heterocycles. The first-order valence-electron chi connectivity index (χ1n) is 18.4. The summed E-state index contributed by atoms with van der Waals surface area (Å²) >= 11 is 0. The average molecular weight is 746 g/mol. The second-order valence-electron chi connectivity index (χ2n) is 15.0. The number of fused-ring (bicyclic) bond motifs is 1. The van der Waals surface area contributed by atoms with Gasteiger partial charge in [0.05, 0.1) is 12.1 Å². The normalized spacial score (nSPS) is 15.3. The molecule has 2 heterocycles. The van der Waals surface area contributed by atoms with E-state index >= 15 is 0 Å². The Balaban J connectivity index is 1.52. The summed E-state index contributed by atoms with van der Waals surface area (Å²) in [6.07, 6.45) is 0.473. The van der Waals surface area contributed by atoms with Gasteiger partial charge < -0.3 is 30.8 Å². The number of rotatable bonds is 17. The van der Waals surface area contributed by atoms with E-state index in [9.17, 15) is 38.7 Å². The molecule has 5 N–H and O–H groups in total. The number of aromatic hydroxyl groups is 1. The van der Waals surface area contributed by atoms with Crippen LogP contribution in [0.3, 0.4) is 0 Å². The summed E-state index contributed by atoms with van der Waals surface area (Å²) in [6.45, 7) is 10.7. The molecule has 1 aliphatic rings. The van der Waals surface area contributed by atoms with Gasteiger partial charge in [0.2, 0.25) is 35.4 Å². The number of hydrogen-bond donors (Lipinski definition) is 5. The Hall–Kier alpha value is -5.53. The van der Waals surface area contributed by atoms with Crippen LogP contribution in [-0.2, 0) is 41.7 Å². The van der Waals surface area contributed by atoms with Crippen LogP contribution in [0.25, 0.3) is 11.0 Å². The number of nitrogens with one attached hydrogen (secondary N) is 4. The minimum Gasteiger partial charge on any atom is -0.508 e. The van der Waals surface area contributed by atoms with Crippen LogP contribution in [0.15, 0.2) is 63.8 Å². The van der Waals surface area contributed by atoms with E-state index in [0.29, 0.717) is 16.5 Å². The van der Waals surface area contributed by atoms with Gasteiger partial charge in [-0.25, -0.2) is 4.79 Å². The molecule has 0 unspecified atom stereocenters. The first kappa shape index (κ1) is 41.2. The smallest absolute Gasteiger partial charge is 0.341 e. The van der Waals surface area contributed by atoms with Gasteiger partial charge in [-0.15, -0.1) is 0 Å². The highest BCUT2D eigenvalue weighted by Crippen LogP contribution is 2.22. The van der Waals surface area contributed by atoms with Gasteiger partial charge in [-0.1, -0.05) is 71.9 Å². The van der Waals surface area contributed by atoms with Crippen LogP contribution in [0.2, 0.25) is 0 Å². The van der Waals surface area contributed by atoms with Crippen molar-refractivity contribution in [1.29, 1.82) is 0 Å². The third kappa shape index (κ3) is 11.0. The lowest BCUT2D eigenvalue weighted by atomic mass is 9.97. The van der Waals surface area contributed by atoms with E-state index in [1.807, 2.05) is 27.7 Å². The number of imide groups is 1. The number of benzene rings is 2. The molecule has 0 bridgehead atoms. The van der Waals surface area contributed by atoms with E-state index < -0.39 is 71.2 Å². The van der Waals surface area contributed by atoms with Crippen molar-refractivity contribution < 1.29 is 38.3 Å². The predicted octanol–water partition coefficient (Wildman–Crippen LogP) is 3.08. The summed E-state index contributed by atoms with van der Waals surface area (Å²) in [4.78, 5) is 93.9. The molecule has 1 aliphatic heterocycles. The van der Waals surface area contributed by atoms with E-state index in [2.05, 4.69) is 21.3 Å². The van der Waals surface area contributed by atoms with Crippen LogP contribution in [0.4, 0.5) is 0 Å². The molecule has 290 valence electrons. The number of nitrogens with zero attached hydrogens (tertiary/aromatic N) is 1. The molecule has 0 aliphatic carbocycles. The fraction of sp³-hybridized carbons (Fsp3) is 0.475. The molecule has 0 radical (unpaired) electrons. The van der Waals surface area contributed by atoms with Crippen LogP contribution < -0.4 is 26.9 Å². The third-order valence-electron chi connectivity index (χ3n) is 9.16. The number of amides is 6. The van der Waals surface area contributed by atoms with E-state index in [1.165, 1.54) is 12.1 Å². The molecule has 1 saturated heterocycles. The topological polar surface area (TPSA) is 204 Å². The number of hydrogen-bond acceptors (Lipinski definition) is 9. The SMILES string of the molecule is CC(C)C[C@H](NC(=O)[C@H](CC(C)C)N1C(=O)CCC1=O)C(=O)N[C@H](C(=O)N[C@@H](Cc1ccc(O)cc1)C(=O)NCc1cc2ccccc2oc1=O)C(C)C. The van der Waals surface area contributed by atoms with E-state index in [4.69, 9.17) is 4.42 Å². The van der Waals surface area contributed by atoms with Crippen molar-refractivity contribution in [3.05, 3.63) is 76.1 Å². The van der Waals surface area contributed by atoms with Crippen LogP contribution in [0, 0.1) is 17.8 Å². The van der Waals surface area contributed by atoms with Gasteiger partial charge in [-0.2, -0.15) is 0 Å². The zero-order chi connectivity index (χ0) is 39.7. The van der Waals surface area contributed by atoms with E-state index in [0.717, 1.165) is 4.90 Å². The van der Waals surface area contributed by atoms with Crippen molar-refractivity contribution >= 4 is 46.4 Å². The molecule has 0 saturated carbocycles. The average Bonchev–Trinajstić information content (AvgIpc) is 3.44. The summed E-state index contributed by atoms with van der Waals surface area (Å²) in [5.41, 5.74) is 0.609. The minimum absolute atomic E-state index is 0.0140. The van der Waals surface area contributed by atoms with Gasteiger partial charge >= 0.3 is 5.63 Å². The lowest BCUT2D eigenvalue weighted by Gasteiger charge is -2.30. The number of carbonyl (C=O) groups is 6. The molecular formula is C40H51N5O9. The first-order chi connectivity index (χ1) is 25.5. The fourth-order valence-corrected chi connectivity index (χ4v) is 6.35. The molecule has 0 spiro atoms. The molecule has 1 fully saturated rings. The maximum absolute atomic E-state index is 13.9. The van der Waals surface area contributed by atoms with Crippen LogP contribution >= 0.6 is 0 Å². The molecule has 2 aromatic carbocycles. The highest BCUT2D eigenvalue weighted by molar-refractivity contribution is 6.06. The van der Waals surface area contributed by atoms with Crippen molar-refractivity contribution in [3.63, 3.8) is 0 Å². The highest BCUT2D eigenvalue weighted by atomic mass is 16.4. The molecule has 4 atom stereocenters. The van der Waals surface area contributed by atoms with Crippen LogP contribution in [0.5, 0.6) is 5.75 Å². The van der Waals surface area contributed by atoms with Crippen molar-refractivity contribution in [1.82, 2.24) is 26.2 Å². The molecule has 54 heavy (non-hydrogen) atoms. The predicted molar refractivity (Wildman–Crippen MR) is 201 cm³/mol. The summed E-state index contributed by atoms with van der Waals surface area (Å²) in [5, 5.41) is 21.4. The zero-order valence-electron chi connectivity index (χ0n) is 31.6. The van der Waals surface area contributed by atoms with Gasteiger partial charge in [0.25, 0.3) is 0 Å². The maximum Gasteiger partial charge on any atom is 0.341 e. The number of likely N-dealkylation sites (tertiary alicyclic amines) is 1. The Bertz CT molecular complexity index is 1890. The maximum atomic E-state index is 13.9. The highest BCUT2D eigenvalue weighted by Gasteiger charge is 2.40.